The summed E-state index contributed by atoms with van der Waals surface area (Å²) in [7, 11) is 0. The van der Waals surface area contributed by atoms with Gasteiger partial charge in [-0.25, -0.2) is 0 Å². The van der Waals surface area contributed by atoms with Crippen LogP contribution in [0.15, 0.2) is 48.5 Å². The van der Waals surface area contributed by atoms with Crippen LogP contribution in [0.25, 0.3) is 0 Å². The molecule has 0 radical (unpaired) electrons. The Labute approximate surface area is 138 Å². The minimum Gasteiger partial charge on any atom is -0.484 e. The molecular weight excluding hydrogens is 377 g/mol. The molecule has 0 heterocycles. The van der Waals surface area contributed by atoms with Gasteiger partial charge in [0, 0.05) is 9.26 Å². The Morgan fingerprint density at radius 2 is 1.95 bits per heavy atom. The molecule has 0 atom stereocenters. The van der Waals surface area contributed by atoms with Crippen LogP contribution in [0.5, 0.6) is 5.75 Å². The SMILES string of the molecule is CC(C)c1ccccc1NC(=O)COc1cccc(I)c1. The zero-order chi connectivity index (χ0) is 15.2. The van der Waals surface area contributed by atoms with Crippen molar-refractivity contribution < 1.29 is 9.53 Å². The number of hydrogen-bond acceptors (Lipinski definition) is 2. The van der Waals surface area contributed by atoms with Gasteiger partial charge in [-0.05, 0) is 58.3 Å². The van der Waals surface area contributed by atoms with E-state index in [4.69, 9.17) is 4.74 Å². The zero-order valence-corrected chi connectivity index (χ0v) is 14.3. The fourth-order valence-electron chi connectivity index (χ4n) is 2.01. The number of carbonyl (C=O) groups excluding carboxylic acids is 1. The highest BCUT2D eigenvalue weighted by molar-refractivity contribution is 14.1. The summed E-state index contributed by atoms with van der Waals surface area (Å²) in [5, 5.41) is 2.91. The van der Waals surface area contributed by atoms with E-state index in [2.05, 4.69) is 41.8 Å². The first-order valence-corrected chi connectivity index (χ1v) is 7.91. The lowest BCUT2D eigenvalue weighted by atomic mass is 10.0. The highest BCUT2D eigenvalue weighted by Crippen LogP contribution is 2.23. The molecule has 0 unspecified atom stereocenters. The van der Waals surface area contributed by atoms with Crippen LogP contribution in [-0.2, 0) is 4.79 Å². The minimum absolute atomic E-state index is 0.00647. The molecule has 0 aromatic heterocycles. The van der Waals surface area contributed by atoms with E-state index < -0.39 is 0 Å². The number of halogens is 1. The summed E-state index contributed by atoms with van der Waals surface area (Å²) < 4.78 is 6.58. The summed E-state index contributed by atoms with van der Waals surface area (Å²) in [5.41, 5.74) is 1.98. The first kappa shape index (κ1) is 15.8. The molecule has 3 nitrogen and oxygen atoms in total. The molecule has 2 rings (SSSR count). The third kappa shape index (κ3) is 4.74. The Bertz CT molecular complexity index is 626. The van der Waals surface area contributed by atoms with Crippen LogP contribution >= 0.6 is 22.6 Å². The number of nitrogens with one attached hydrogen (secondary N) is 1. The predicted octanol–water partition coefficient (Wildman–Crippen LogP) is 4.43. The lowest BCUT2D eigenvalue weighted by molar-refractivity contribution is -0.118. The number of anilines is 1. The first-order chi connectivity index (χ1) is 10.1. The van der Waals surface area contributed by atoms with Gasteiger partial charge in [0.15, 0.2) is 6.61 Å². The van der Waals surface area contributed by atoms with Crippen molar-refractivity contribution in [3.05, 3.63) is 57.7 Å². The van der Waals surface area contributed by atoms with Crippen molar-refractivity contribution in [2.45, 2.75) is 19.8 Å². The van der Waals surface area contributed by atoms with E-state index in [1.165, 1.54) is 0 Å². The number of amides is 1. The van der Waals surface area contributed by atoms with Gasteiger partial charge in [0.05, 0.1) is 0 Å². The molecule has 0 bridgehead atoms. The molecule has 1 amide bonds. The van der Waals surface area contributed by atoms with Gasteiger partial charge in [-0.1, -0.05) is 38.1 Å². The van der Waals surface area contributed by atoms with Crippen molar-refractivity contribution in [3.63, 3.8) is 0 Å². The molecule has 21 heavy (non-hydrogen) atoms. The quantitative estimate of drug-likeness (QED) is 0.761. The second-order valence-corrected chi connectivity index (χ2v) is 6.28. The Balaban J connectivity index is 1.96. The number of para-hydroxylation sites is 1. The van der Waals surface area contributed by atoms with E-state index >= 15 is 0 Å². The molecule has 2 aromatic carbocycles. The largest absolute Gasteiger partial charge is 0.484 e. The van der Waals surface area contributed by atoms with Gasteiger partial charge in [0.25, 0.3) is 5.91 Å². The van der Waals surface area contributed by atoms with E-state index in [-0.39, 0.29) is 12.5 Å². The van der Waals surface area contributed by atoms with Gasteiger partial charge in [-0.2, -0.15) is 0 Å². The maximum Gasteiger partial charge on any atom is 0.262 e. The van der Waals surface area contributed by atoms with Gasteiger partial charge in [-0.15, -0.1) is 0 Å². The molecule has 1 N–H and O–H groups in total. The van der Waals surface area contributed by atoms with Crippen molar-refractivity contribution in [2.24, 2.45) is 0 Å². The van der Waals surface area contributed by atoms with E-state index in [0.29, 0.717) is 11.7 Å². The van der Waals surface area contributed by atoms with Crippen molar-refractivity contribution in [1.82, 2.24) is 0 Å². The molecule has 2 aromatic rings. The lowest BCUT2D eigenvalue weighted by Gasteiger charge is -2.14. The van der Waals surface area contributed by atoms with Crippen molar-refractivity contribution >= 4 is 34.2 Å². The minimum atomic E-state index is -0.151. The molecular formula is C17H18INO2. The molecule has 0 fully saturated rings. The molecule has 4 heteroatoms. The van der Waals surface area contributed by atoms with E-state index in [0.717, 1.165) is 14.8 Å². The third-order valence-corrected chi connectivity index (χ3v) is 3.69. The molecule has 0 aliphatic rings. The van der Waals surface area contributed by atoms with Crippen LogP contribution in [0, 0.1) is 3.57 Å². The molecule has 0 saturated heterocycles. The molecule has 0 aliphatic carbocycles. The van der Waals surface area contributed by atoms with Crippen LogP contribution in [0.2, 0.25) is 0 Å². The Kier molecular flexibility index (Phi) is 5.61. The summed E-state index contributed by atoms with van der Waals surface area (Å²) in [6.45, 7) is 4.22. The molecule has 0 spiro atoms. The van der Waals surface area contributed by atoms with Crippen LogP contribution < -0.4 is 10.1 Å². The summed E-state index contributed by atoms with van der Waals surface area (Å²) >= 11 is 2.21. The predicted molar refractivity (Wildman–Crippen MR) is 93.8 cm³/mol. The van der Waals surface area contributed by atoms with Crippen molar-refractivity contribution in [3.8, 4) is 5.75 Å². The highest BCUT2D eigenvalue weighted by atomic mass is 127. The maximum atomic E-state index is 12.0. The molecule has 0 saturated carbocycles. The van der Waals surface area contributed by atoms with E-state index in [9.17, 15) is 4.79 Å². The summed E-state index contributed by atoms with van der Waals surface area (Å²) in [5.74, 6) is 0.911. The van der Waals surface area contributed by atoms with E-state index in [1.807, 2.05) is 48.5 Å². The van der Waals surface area contributed by atoms with Crippen LogP contribution in [0.4, 0.5) is 5.69 Å². The monoisotopic (exact) mass is 395 g/mol. The normalized spacial score (nSPS) is 10.5. The Morgan fingerprint density at radius 1 is 1.19 bits per heavy atom. The fraction of sp³-hybridized carbons (Fsp3) is 0.235. The topological polar surface area (TPSA) is 38.3 Å². The molecule has 0 aliphatic heterocycles. The Hall–Kier alpha value is -1.56. The number of carbonyl (C=O) groups is 1. The van der Waals surface area contributed by atoms with Gasteiger partial charge < -0.3 is 10.1 Å². The number of hydrogen-bond donors (Lipinski definition) is 1. The molecule has 110 valence electrons. The lowest BCUT2D eigenvalue weighted by Crippen LogP contribution is -2.21. The average Bonchev–Trinajstić information content (AvgIpc) is 2.45. The second kappa shape index (κ2) is 7.45. The Morgan fingerprint density at radius 3 is 2.67 bits per heavy atom. The van der Waals surface area contributed by atoms with Crippen molar-refractivity contribution in [2.75, 3.05) is 11.9 Å². The van der Waals surface area contributed by atoms with Gasteiger partial charge >= 0.3 is 0 Å². The number of ether oxygens (including phenoxy) is 1. The van der Waals surface area contributed by atoms with Crippen molar-refractivity contribution in [1.29, 1.82) is 0 Å². The fourth-order valence-corrected chi connectivity index (χ4v) is 2.52. The standard InChI is InChI=1S/C17H18INO2/c1-12(2)15-8-3-4-9-16(15)19-17(20)11-21-14-7-5-6-13(18)10-14/h3-10,12H,11H2,1-2H3,(H,19,20). The van der Waals surface area contributed by atoms with Gasteiger partial charge in [-0.3, -0.25) is 4.79 Å². The average molecular weight is 395 g/mol. The summed E-state index contributed by atoms with van der Waals surface area (Å²) in [6.07, 6.45) is 0. The highest BCUT2D eigenvalue weighted by Gasteiger charge is 2.09. The third-order valence-electron chi connectivity index (χ3n) is 3.02. The first-order valence-electron chi connectivity index (χ1n) is 6.83. The van der Waals surface area contributed by atoms with Crippen LogP contribution in [0.3, 0.4) is 0 Å². The summed E-state index contributed by atoms with van der Waals surface area (Å²) in [6, 6.07) is 15.5. The van der Waals surface area contributed by atoms with E-state index in [1.54, 1.807) is 0 Å². The number of rotatable bonds is 5. The summed E-state index contributed by atoms with van der Waals surface area (Å²) in [4.78, 5) is 12.0. The smallest absolute Gasteiger partial charge is 0.262 e. The zero-order valence-electron chi connectivity index (χ0n) is 12.1. The van der Waals surface area contributed by atoms with Gasteiger partial charge in [0.2, 0.25) is 0 Å². The van der Waals surface area contributed by atoms with Crippen LogP contribution in [-0.4, -0.2) is 12.5 Å². The van der Waals surface area contributed by atoms with Gasteiger partial charge in [0.1, 0.15) is 5.75 Å². The number of benzene rings is 2. The van der Waals surface area contributed by atoms with Crippen LogP contribution in [0.1, 0.15) is 25.3 Å². The second-order valence-electron chi connectivity index (χ2n) is 5.04. The maximum absolute atomic E-state index is 12.0.